The molecule has 2 aromatic carbocycles. The summed E-state index contributed by atoms with van der Waals surface area (Å²) in [5.41, 5.74) is 3.67. The topological polar surface area (TPSA) is 69.6 Å². The van der Waals surface area contributed by atoms with Gasteiger partial charge in [0.25, 0.3) is 5.89 Å². The van der Waals surface area contributed by atoms with Gasteiger partial charge in [-0.1, -0.05) is 67.6 Å². The third-order valence-electron chi connectivity index (χ3n) is 4.12. The SMILES string of the molecule is CC(C)c1c(-c2nnc(Cc3ccccc3)o2)nnn1-c1ccccc1. The zero-order chi connectivity index (χ0) is 17.9. The number of para-hydroxylation sites is 1. The van der Waals surface area contributed by atoms with Gasteiger partial charge in [-0.3, -0.25) is 0 Å². The Morgan fingerprint density at radius 1 is 0.885 bits per heavy atom. The maximum absolute atomic E-state index is 5.88. The van der Waals surface area contributed by atoms with Gasteiger partial charge in [-0.05, 0) is 23.6 Å². The average Bonchev–Trinajstić information content (AvgIpc) is 3.30. The van der Waals surface area contributed by atoms with E-state index in [9.17, 15) is 0 Å². The highest BCUT2D eigenvalue weighted by Crippen LogP contribution is 2.28. The Hall–Kier alpha value is -3.28. The largest absolute Gasteiger partial charge is 0.419 e. The second kappa shape index (κ2) is 6.92. The van der Waals surface area contributed by atoms with Crippen LogP contribution in [-0.2, 0) is 6.42 Å². The summed E-state index contributed by atoms with van der Waals surface area (Å²) in [6, 6.07) is 20.0. The van der Waals surface area contributed by atoms with E-state index in [1.807, 2.05) is 65.3 Å². The highest BCUT2D eigenvalue weighted by Gasteiger charge is 2.23. The minimum Gasteiger partial charge on any atom is -0.419 e. The molecule has 4 rings (SSSR count). The highest BCUT2D eigenvalue weighted by molar-refractivity contribution is 5.53. The molecule has 0 fully saturated rings. The molecule has 0 radical (unpaired) electrons. The molecule has 0 bridgehead atoms. The van der Waals surface area contributed by atoms with Crippen LogP contribution in [-0.4, -0.2) is 25.2 Å². The molecule has 0 atom stereocenters. The van der Waals surface area contributed by atoms with Gasteiger partial charge in [-0.2, -0.15) is 0 Å². The van der Waals surface area contributed by atoms with Crippen molar-refractivity contribution in [3.63, 3.8) is 0 Å². The second-order valence-electron chi connectivity index (χ2n) is 6.39. The van der Waals surface area contributed by atoms with Crippen LogP contribution in [0.2, 0.25) is 0 Å². The molecule has 0 N–H and O–H groups in total. The third kappa shape index (κ3) is 3.13. The lowest BCUT2D eigenvalue weighted by atomic mass is 10.1. The first-order chi connectivity index (χ1) is 12.7. The normalized spacial score (nSPS) is 11.2. The number of hydrogen-bond acceptors (Lipinski definition) is 5. The van der Waals surface area contributed by atoms with Gasteiger partial charge < -0.3 is 4.42 Å². The molecule has 0 aliphatic carbocycles. The zero-order valence-corrected chi connectivity index (χ0v) is 14.7. The van der Waals surface area contributed by atoms with Gasteiger partial charge in [0.05, 0.1) is 17.8 Å². The van der Waals surface area contributed by atoms with Gasteiger partial charge in [0.2, 0.25) is 5.89 Å². The van der Waals surface area contributed by atoms with Crippen molar-refractivity contribution in [1.82, 2.24) is 25.2 Å². The lowest BCUT2D eigenvalue weighted by molar-refractivity contribution is 0.515. The van der Waals surface area contributed by atoms with Crippen LogP contribution in [0.15, 0.2) is 65.1 Å². The number of hydrogen-bond donors (Lipinski definition) is 0. The van der Waals surface area contributed by atoms with Gasteiger partial charge in [0.15, 0.2) is 5.69 Å². The molecular weight excluding hydrogens is 326 g/mol. The fourth-order valence-electron chi connectivity index (χ4n) is 2.91. The predicted molar refractivity (Wildman–Crippen MR) is 98.0 cm³/mol. The van der Waals surface area contributed by atoms with E-state index in [1.165, 1.54) is 0 Å². The van der Waals surface area contributed by atoms with Crippen LogP contribution >= 0.6 is 0 Å². The molecule has 2 heterocycles. The lowest BCUT2D eigenvalue weighted by Gasteiger charge is -2.09. The molecule has 0 spiro atoms. The number of rotatable bonds is 5. The molecule has 0 aliphatic heterocycles. The van der Waals surface area contributed by atoms with Crippen LogP contribution in [0.5, 0.6) is 0 Å². The Bertz CT molecular complexity index is 989. The Morgan fingerprint density at radius 3 is 2.27 bits per heavy atom. The van der Waals surface area contributed by atoms with Gasteiger partial charge in [0, 0.05) is 0 Å². The van der Waals surface area contributed by atoms with E-state index in [2.05, 4.69) is 34.4 Å². The van der Waals surface area contributed by atoms with Crippen molar-refractivity contribution in [2.45, 2.75) is 26.2 Å². The first-order valence-electron chi connectivity index (χ1n) is 8.60. The van der Waals surface area contributed by atoms with Crippen LogP contribution in [0.25, 0.3) is 17.3 Å². The molecule has 0 unspecified atom stereocenters. The fourth-order valence-corrected chi connectivity index (χ4v) is 2.91. The lowest BCUT2D eigenvalue weighted by Crippen LogP contribution is -2.04. The molecule has 2 aromatic heterocycles. The highest BCUT2D eigenvalue weighted by atomic mass is 16.4. The smallest absolute Gasteiger partial charge is 0.270 e. The van der Waals surface area contributed by atoms with Crippen molar-refractivity contribution in [1.29, 1.82) is 0 Å². The summed E-state index contributed by atoms with van der Waals surface area (Å²) < 4.78 is 7.71. The van der Waals surface area contributed by atoms with Crippen LogP contribution in [0.4, 0.5) is 0 Å². The second-order valence-corrected chi connectivity index (χ2v) is 6.39. The number of aromatic nitrogens is 5. The van der Waals surface area contributed by atoms with Gasteiger partial charge >= 0.3 is 0 Å². The summed E-state index contributed by atoms with van der Waals surface area (Å²) in [5, 5.41) is 17.0. The molecule has 6 nitrogen and oxygen atoms in total. The van der Waals surface area contributed by atoms with Crippen molar-refractivity contribution in [2.24, 2.45) is 0 Å². The van der Waals surface area contributed by atoms with Crippen molar-refractivity contribution in [3.8, 4) is 17.3 Å². The number of nitrogens with zero attached hydrogens (tertiary/aromatic N) is 5. The first-order valence-corrected chi connectivity index (χ1v) is 8.60. The van der Waals surface area contributed by atoms with Crippen LogP contribution in [0.3, 0.4) is 0 Å². The maximum Gasteiger partial charge on any atom is 0.270 e. The molecule has 0 saturated heterocycles. The summed E-state index contributed by atoms with van der Waals surface area (Å²) in [4.78, 5) is 0. The summed E-state index contributed by atoms with van der Waals surface area (Å²) in [5.74, 6) is 1.17. The third-order valence-corrected chi connectivity index (χ3v) is 4.12. The van der Waals surface area contributed by atoms with E-state index in [0.29, 0.717) is 23.9 Å². The van der Waals surface area contributed by atoms with Crippen LogP contribution in [0.1, 0.15) is 36.9 Å². The molecule has 26 heavy (non-hydrogen) atoms. The first kappa shape index (κ1) is 16.2. The zero-order valence-electron chi connectivity index (χ0n) is 14.7. The van der Waals surface area contributed by atoms with E-state index in [0.717, 1.165) is 16.9 Å². The molecule has 0 amide bonds. The summed E-state index contributed by atoms with van der Waals surface area (Å²) in [6.07, 6.45) is 0.595. The molecule has 0 saturated carbocycles. The van der Waals surface area contributed by atoms with E-state index in [1.54, 1.807) is 0 Å². The molecule has 6 heteroatoms. The summed E-state index contributed by atoms with van der Waals surface area (Å²) in [6.45, 7) is 4.20. The quantitative estimate of drug-likeness (QED) is 0.546. The molecule has 130 valence electrons. The molecule has 0 aliphatic rings. The van der Waals surface area contributed by atoms with Crippen molar-refractivity contribution >= 4 is 0 Å². The minimum absolute atomic E-state index is 0.199. The molecule has 4 aromatic rings. The Balaban J connectivity index is 1.69. The van der Waals surface area contributed by atoms with Crippen molar-refractivity contribution < 1.29 is 4.42 Å². The van der Waals surface area contributed by atoms with E-state index >= 15 is 0 Å². The summed E-state index contributed by atoms with van der Waals surface area (Å²) in [7, 11) is 0. The van der Waals surface area contributed by atoms with E-state index in [-0.39, 0.29) is 5.92 Å². The van der Waals surface area contributed by atoms with Crippen molar-refractivity contribution in [2.75, 3.05) is 0 Å². The Labute approximate surface area is 151 Å². The number of benzene rings is 2. The molecular formula is C20H19N5O. The van der Waals surface area contributed by atoms with E-state index in [4.69, 9.17) is 4.42 Å². The minimum atomic E-state index is 0.199. The average molecular weight is 345 g/mol. The van der Waals surface area contributed by atoms with Crippen molar-refractivity contribution in [3.05, 3.63) is 77.8 Å². The Morgan fingerprint density at radius 2 is 1.58 bits per heavy atom. The predicted octanol–water partition coefficient (Wildman–Crippen LogP) is 4.03. The van der Waals surface area contributed by atoms with Gasteiger partial charge in [-0.15, -0.1) is 15.3 Å². The summed E-state index contributed by atoms with van der Waals surface area (Å²) >= 11 is 0. The maximum atomic E-state index is 5.88. The Kier molecular flexibility index (Phi) is 4.31. The van der Waals surface area contributed by atoms with Gasteiger partial charge in [-0.25, -0.2) is 4.68 Å². The standard InChI is InChI=1S/C20H19N5O/c1-14(2)19-18(22-24-25(19)16-11-7-4-8-12-16)20-23-21-17(26-20)13-15-9-5-3-6-10-15/h3-12,14H,13H2,1-2H3. The fraction of sp³-hybridized carbons (Fsp3) is 0.200. The van der Waals surface area contributed by atoms with Crippen LogP contribution < -0.4 is 0 Å². The van der Waals surface area contributed by atoms with Crippen LogP contribution in [0, 0.1) is 0 Å². The van der Waals surface area contributed by atoms with Gasteiger partial charge in [0.1, 0.15) is 0 Å². The monoisotopic (exact) mass is 345 g/mol. The van der Waals surface area contributed by atoms with E-state index < -0.39 is 0 Å².